The van der Waals surface area contributed by atoms with E-state index in [0.29, 0.717) is 12.2 Å². The number of benzene rings is 2. The fourth-order valence-corrected chi connectivity index (χ4v) is 4.36. The summed E-state index contributed by atoms with van der Waals surface area (Å²) in [4.78, 5) is 13.8. The Hall–Kier alpha value is -2.80. The highest BCUT2D eigenvalue weighted by Gasteiger charge is 2.28. The zero-order valence-corrected chi connectivity index (χ0v) is 16.1. The molecule has 0 aliphatic carbocycles. The van der Waals surface area contributed by atoms with Crippen LogP contribution >= 0.6 is 0 Å². The molecule has 148 valence electrons. The van der Waals surface area contributed by atoms with E-state index in [1.807, 2.05) is 24.3 Å². The lowest BCUT2D eigenvalue weighted by Crippen LogP contribution is -2.31. The molecule has 1 atom stereocenters. The van der Waals surface area contributed by atoms with Gasteiger partial charge in [-0.25, -0.2) is 0 Å². The molecule has 0 aromatic heterocycles. The Bertz CT molecular complexity index is 865. The molecule has 0 spiro atoms. The number of nitrogens with one attached hydrogen (secondary N) is 2. The lowest BCUT2D eigenvalue weighted by molar-refractivity contribution is -0.384. The van der Waals surface area contributed by atoms with Crippen molar-refractivity contribution in [1.29, 1.82) is 0 Å². The molecule has 1 fully saturated rings. The van der Waals surface area contributed by atoms with Gasteiger partial charge in [-0.05, 0) is 44.5 Å². The Morgan fingerprint density at radius 3 is 2.79 bits per heavy atom. The van der Waals surface area contributed by atoms with Crippen molar-refractivity contribution in [3.8, 4) is 5.75 Å². The molecule has 1 saturated heterocycles. The SMILES string of the molecule is COc1ccccc1C(CNc1c([N+](=O)[O-])ccc2c1CCN2)N1CCCC1. The first-order chi connectivity index (χ1) is 13.7. The Morgan fingerprint density at radius 1 is 1.25 bits per heavy atom. The molecule has 28 heavy (non-hydrogen) atoms. The number of nitro benzene ring substituents is 1. The molecule has 0 saturated carbocycles. The Balaban J connectivity index is 1.66. The first kappa shape index (κ1) is 18.6. The maximum absolute atomic E-state index is 11.6. The molecule has 4 rings (SSSR count). The lowest BCUT2D eigenvalue weighted by atomic mass is 10.0. The number of likely N-dealkylation sites (tertiary alicyclic amines) is 1. The summed E-state index contributed by atoms with van der Waals surface area (Å²) in [7, 11) is 1.69. The average molecular weight is 382 g/mol. The minimum Gasteiger partial charge on any atom is -0.496 e. The number of nitrogens with zero attached hydrogens (tertiary/aromatic N) is 2. The third-order valence-corrected chi connectivity index (χ3v) is 5.73. The lowest BCUT2D eigenvalue weighted by Gasteiger charge is -2.30. The maximum atomic E-state index is 11.6. The van der Waals surface area contributed by atoms with E-state index in [9.17, 15) is 10.1 Å². The smallest absolute Gasteiger partial charge is 0.292 e. The fraction of sp³-hybridized carbons (Fsp3) is 0.429. The number of anilines is 2. The zero-order chi connectivity index (χ0) is 19.5. The van der Waals surface area contributed by atoms with Crippen LogP contribution < -0.4 is 15.4 Å². The quantitative estimate of drug-likeness (QED) is 0.560. The van der Waals surface area contributed by atoms with Gasteiger partial charge < -0.3 is 15.4 Å². The highest BCUT2D eigenvalue weighted by Crippen LogP contribution is 2.38. The van der Waals surface area contributed by atoms with E-state index in [1.165, 1.54) is 12.8 Å². The van der Waals surface area contributed by atoms with Crippen LogP contribution in [0.3, 0.4) is 0 Å². The van der Waals surface area contributed by atoms with Gasteiger partial charge in [0.1, 0.15) is 11.4 Å². The molecule has 2 aromatic carbocycles. The third-order valence-electron chi connectivity index (χ3n) is 5.73. The van der Waals surface area contributed by atoms with Gasteiger partial charge in [0.2, 0.25) is 0 Å². The van der Waals surface area contributed by atoms with E-state index in [1.54, 1.807) is 13.2 Å². The molecular weight excluding hydrogens is 356 g/mol. The standard InChI is InChI=1S/C21H26N4O3/c1-28-20-7-3-2-6-16(20)19(24-12-4-5-13-24)14-23-21-15-10-11-22-17(15)8-9-18(21)25(26)27/h2-3,6-9,19,22-23H,4-5,10-14H2,1H3. The van der Waals surface area contributed by atoms with E-state index in [4.69, 9.17) is 4.74 Å². The van der Waals surface area contributed by atoms with Gasteiger partial charge in [0.25, 0.3) is 5.69 Å². The van der Waals surface area contributed by atoms with Crippen LogP contribution in [0.5, 0.6) is 5.75 Å². The predicted octanol–water partition coefficient (Wildman–Crippen LogP) is 3.82. The molecule has 7 heteroatoms. The summed E-state index contributed by atoms with van der Waals surface area (Å²) in [5.74, 6) is 0.857. The van der Waals surface area contributed by atoms with Crippen molar-refractivity contribution < 1.29 is 9.66 Å². The van der Waals surface area contributed by atoms with Crippen molar-refractivity contribution in [3.63, 3.8) is 0 Å². The van der Waals surface area contributed by atoms with Crippen molar-refractivity contribution in [1.82, 2.24) is 4.90 Å². The van der Waals surface area contributed by atoms with Crippen LogP contribution in [0.25, 0.3) is 0 Å². The van der Waals surface area contributed by atoms with Crippen LogP contribution in [0, 0.1) is 10.1 Å². The summed E-state index contributed by atoms with van der Waals surface area (Å²) >= 11 is 0. The fourth-order valence-electron chi connectivity index (χ4n) is 4.36. The molecule has 2 aliphatic heterocycles. The topological polar surface area (TPSA) is 79.7 Å². The number of para-hydroxylation sites is 1. The summed E-state index contributed by atoms with van der Waals surface area (Å²) in [6.07, 6.45) is 3.15. The summed E-state index contributed by atoms with van der Waals surface area (Å²) in [6, 6.07) is 11.6. The van der Waals surface area contributed by atoms with Gasteiger partial charge in [0, 0.05) is 36.0 Å². The van der Waals surface area contributed by atoms with Crippen molar-refractivity contribution in [2.24, 2.45) is 0 Å². The second-order valence-corrected chi connectivity index (χ2v) is 7.30. The molecule has 2 heterocycles. The van der Waals surface area contributed by atoms with Crippen molar-refractivity contribution >= 4 is 17.1 Å². The largest absolute Gasteiger partial charge is 0.496 e. The van der Waals surface area contributed by atoms with Gasteiger partial charge in [0.05, 0.1) is 18.1 Å². The summed E-state index contributed by atoms with van der Waals surface area (Å²) in [5.41, 5.74) is 3.90. The second kappa shape index (κ2) is 8.06. The molecule has 0 amide bonds. The molecule has 7 nitrogen and oxygen atoms in total. The van der Waals surface area contributed by atoms with Crippen LogP contribution in [-0.4, -0.2) is 43.1 Å². The molecule has 0 bridgehead atoms. The van der Waals surface area contributed by atoms with Gasteiger partial charge in [-0.15, -0.1) is 0 Å². The van der Waals surface area contributed by atoms with Gasteiger partial charge in [-0.3, -0.25) is 15.0 Å². The second-order valence-electron chi connectivity index (χ2n) is 7.30. The van der Waals surface area contributed by atoms with Crippen molar-refractivity contribution in [2.75, 3.05) is 43.9 Å². The van der Waals surface area contributed by atoms with E-state index in [-0.39, 0.29) is 16.7 Å². The Morgan fingerprint density at radius 2 is 2.04 bits per heavy atom. The summed E-state index contributed by atoms with van der Waals surface area (Å²) in [5, 5.41) is 18.4. The predicted molar refractivity (Wildman–Crippen MR) is 110 cm³/mol. The summed E-state index contributed by atoms with van der Waals surface area (Å²) in [6.45, 7) is 3.47. The number of ether oxygens (including phenoxy) is 1. The number of rotatable bonds is 7. The normalized spacial score (nSPS) is 17.0. The van der Waals surface area contributed by atoms with Gasteiger partial charge in [0.15, 0.2) is 0 Å². The number of methoxy groups -OCH3 is 1. The van der Waals surface area contributed by atoms with Gasteiger partial charge >= 0.3 is 0 Å². The molecule has 1 unspecified atom stereocenters. The first-order valence-corrected chi connectivity index (χ1v) is 9.84. The highest BCUT2D eigenvalue weighted by atomic mass is 16.6. The van der Waals surface area contributed by atoms with Crippen molar-refractivity contribution in [3.05, 3.63) is 57.6 Å². The van der Waals surface area contributed by atoms with Crippen LogP contribution in [0.1, 0.15) is 30.0 Å². The van der Waals surface area contributed by atoms with E-state index < -0.39 is 0 Å². The molecule has 2 aromatic rings. The van der Waals surface area contributed by atoms with E-state index in [2.05, 4.69) is 21.6 Å². The van der Waals surface area contributed by atoms with Crippen LogP contribution in [0.2, 0.25) is 0 Å². The van der Waals surface area contributed by atoms with Gasteiger partial charge in [-0.2, -0.15) is 0 Å². The van der Waals surface area contributed by atoms with Gasteiger partial charge in [-0.1, -0.05) is 18.2 Å². The van der Waals surface area contributed by atoms with Crippen LogP contribution in [0.15, 0.2) is 36.4 Å². The Labute approximate surface area is 164 Å². The molecule has 0 radical (unpaired) electrons. The average Bonchev–Trinajstić information content (AvgIpc) is 3.40. The molecule has 2 N–H and O–H groups in total. The minimum atomic E-state index is -0.297. The monoisotopic (exact) mass is 382 g/mol. The first-order valence-electron chi connectivity index (χ1n) is 9.84. The van der Waals surface area contributed by atoms with E-state index in [0.717, 1.165) is 48.6 Å². The Kier molecular flexibility index (Phi) is 5.34. The minimum absolute atomic E-state index is 0.100. The van der Waals surface area contributed by atoms with E-state index >= 15 is 0 Å². The highest BCUT2D eigenvalue weighted by molar-refractivity contribution is 5.77. The third kappa shape index (κ3) is 3.49. The number of nitro groups is 1. The maximum Gasteiger partial charge on any atom is 0.292 e. The van der Waals surface area contributed by atoms with Crippen molar-refractivity contribution in [2.45, 2.75) is 25.3 Å². The molecular formula is C21H26N4O3. The molecule has 2 aliphatic rings. The zero-order valence-electron chi connectivity index (χ0n) is 16.1. The summed E-state index contributed by atoms with van der Waals surface area (Å²) < 4.78 is 5.60. The number of hydrogen-bond acceptors (Lipinski definition) is 6. The number of hydrogen-bond donors (Lipinski definition) is 2. The number of fused-ring (bicyclic) bond motifs is 1. The van der Waals surface area contributed by atoms with Crippen LogP contribution in [0.4, 0.5) is 17.1 Å². The van der Waals surface area contributed by atoms with Crippen LogP contribution in [-0.2, 0) is 6.42 Å².